The lowest BCUT2D eigenvalue weighted by atomic mass is 10.0. The number of carbonyl (C=O) groups is 1. The average molecular weight is 523 g/mol. The zero-order chi connectivity index (χ0) is 28.2. The molecule has 4 rings (SSSR count). The first-order valence-electron chi connectivity index (χ1n) is 13.2. The van der Waals surface area contributed by atoms with Crippen LogP contribution >= 0.6 is 0 Å². The normalized spacial score (nSPS) is 9.75. The van der Waals surface area contributed by atoms with E-state index in [0.29, 0.717) is 19.4 Å². The molecule has 0 aliphatic carbocycles. The molecule has 0 aliphatic heterocycles. The number of rotatable bonds is 6. The minimum atomic E-state index is -0.403. The SMILES string of the molecule is C=CC(=O)OCCCC#Cc1ccc(C#Cc2ccc(C#Cc3ccc4cc(OC)ccc4c3)c(CC)c2)cc1. The molecular weight excluding hydrogens is 492 g/mol. The van der Waals surface area contributed by atoms with E-state index >= 15 is 0 Å². The fourth-order valence-corrected chi connectivity index (χ4v) is 3.99. The largest absolute Gasteiger partial charge is 0.497 e. The Bertz CT molecular complexity index is 1710. The molecule has 3 heteroatoms. The first-order valence-corrected chi connectivity index (χ1v) is 13.2. The lowest BCUT2D eigenvalue weighted by Gasteiger charge is -2.03. The van der Waals surface area contributed by atoms with Crippen LogP contribution in [0.5, 0.6) is 5.75 Å². The molecule has 0 unspecified atom stereocenters. The summed E-state index contributed by atoms with van der Waals surface area (Å²) < 4.78 is 10.3. The highest BCUT2D eigenvalue weighted by Crippen LogP contribution is 2.22. The van der Waals surface area contributed by atoms with Crippen LogP contribution in [0.25, 0.3) is 10.8 Å². The van der Waals surface area contributed by atoms with Gasteiger partial charge in [0.05, 0.1) is 13.7 Å². The molecule has 4 aromatic rings. The molecule has 0 amide bonds. The Morgan fingerprint density at radius 2 is 1.40 bits per heavy atom. The molecule has 0 N–H and O–H groups in total. The fourth-order valence-electron chi connectivity index (χ4n) is 3.99. The van der Waals surface area contributed by atoms with E-state index in [1.54, 1.807) is 7.11 Å². The molecule has 0 heterocycles. The summed E-state index contributed by atoms with van der Waals surface area (Å²) in [4.78, 5) is 11.0. The first-order chi connectivity index (χ1) is 19.6. The molecule has 0 radical (unpaired) electrons. The first kappa shape index (κ1) is 27.9. The van der Waals surface area contributed by atoms with E-state index in [9.17, 15) is 4.79 Å². The maximum absolute atomic E-state index is 11.0. The summed E-state index contributed by atoms with van der Waals surface area (Å²) in [6.45, 7) is 5.85. The van der Waals surface area contributed by atoms with Gasteiger partial charge in [-0.3, -0.25) is 0 Å². The van der Waals surface area contributed by atoms with Crippen LogP contribution in [0, 0.1) is 35.5 Å². The van der Waals surface area contributed by atoms with Crippen molar-refractivity contribution in [1.82, 2.24) is 0 Å². The molecule has 0 fully saturated rings. The van der Waals surface area contributed by atoms with E-state index in [1.807, 2.05) is 48.5 Å². The number of aryl methyl sites for hydroxylation is 1. The minimum Gasteiger partial charge on any atom is -0.497 e. The predicted molar refractivity (Wildman–Crippen MR) is 162 cm³/mol. The highest BCUT2D eigenvalue weighted by Gasteiger charge is 2.01. The van der Waals surface area contributed by atoms with Gasteiger partial charge in [0.2, 0.25) is 0 Å². The summed E-state index contributed by atoms with van der Waals surface area (Å²) >= 11 is 0. The van der Waals surface area contributed by atoms with Gasteiger partial charge in [-0.05, 0) is 95.9 Å². The van der Waals surface area contributed by atoms with Gasteiger partial charge in [-0.2, -0.15) is 0 Å². The molecule has 0 spiro atoms. The second kappa shape index (κ2) is 14.1. The molecule has 0 saturated heterocycles. The number of ether oxygens (including phenoxy) is 2. The molecule has 0 saturated carbocycles. The Labute approximate surface area is 236 Å². The molecule has 0 bridgehead atoms. The van der Waals surface area contributed by atoms with Crippen molar-refractivity contribution in [3.05, 3.63) is 125 Å². The summed E-state index contributed by atoms with van der Waals surface area (Å²) in [6.07, 6.45) is 3.39. The van der Waals surface area contributed by atoms with Crippen LogP contribution in [-0.4, -0.2) is 19.7 Å². The third-order valence-electron chi connectivity index (χ3n) is 6.20. The number of unbranched alkanes of at least 4 members (excludes halogenated alkanes) is 1. The quantitative estimate of drug-likeness (QED) is 0.118. The third-order valence-corrected chi connectivity index (χ3v) is 6.20. The maximum Gasteiger partial charge on any atom is 0.330 e. The molecule has 196 valence electrons. The van der Waals surface area contributed by atoms with Gasteiger partial charge in [-0.1, -0.05) is 61.2 Å². The number of fused-ring (bicyclic) bond motifs is 1. The Morgan fingerprint density at radius 3 is 2.15 bits per heavy atom. The van der Waals surface area contributed by atoms with E-state index in [0.717, 1.165) is 56.8 Å². The summed E-state index contributed by atoms with van der Waals surface area (Å²) in [5.41, 5.74) is 5.99. The molecule has 3 nitrogen and oxygen atoms in total. The van der Waals surface area contributed by atoms with Crippen molar-refractivity contribution >= 4 is 16.7 Å². The highest BCUT2D eigenvalue weighted by molar-refractivity contribution is 5.85. The van der Waals surface area contributed by atoms with Gasteiger partial charge in [-0.15, -0.1) is 0 Å². The van der Waals surface area contributed by atoms with Gasteiger partial charge in [0.1, 0.15) is 5.75 Å². The van der Waals surface area contributed by atoms with Crippen LogP contribution in [0.2, 0.25) is 0 Å². The van der Waals surface area contributed by atoms with Crippen LogP contribution in [0.15, 0.2) is 91.5 Å². The third kappa shape index (κ3) is 7.91. The van der Waals surface area contributed by atoms with Crippen molar-refractivity contribution in [3.63, 3.8) is 0 Å². The topological polar surface area (TPSA) is 35.5 Å². The molecule has 40 heavy (non-hydrogen) atoms. The Morgan fingerprint density at radius 1 is 0.775 bits per heavy atom. The van der Waals surface area contributed by atoms with Gasteiger partial charge in [-0.25, -0.2) is 4.79 Å². The predicted octanol–water partition coefficient (Wildman–Crippen LogP) is 7.07. The summed E-state index contributed by atoms with van der Waals surface area (Å²) in [5, 5.41) is 2.27. The number of esters is 1. The molecule has 0 aromatic heterocycles. The smallest absolute Gasteiger partial charge is 0.330 e. The van der Waals surface area contributed by atoms with Crippen molar-refractivity contribution in [2.45, 2.75) is 26.2 Å². The van der Waals surface area contributed by atoms with Gasteiger partial charge in [0, 0.05) is 40.3 Å². The number of benzene rings is 4. The molecule has 4 aromatic carbocycles. The standard InChI is InChI=1S/C37H30O3/c1-4-32-25-30(15-14-29-12-10-28(11-13-29)9-7-6-8-24-40-37(38)5-2)16-19-33(32)20-17-31-18-21-35-27-36(39-3)23-22-34(35)26-31/h5,10-13,16,18-19,21-23,25-27H,2,4,6,8,24H2,1,3H3. The van der Waals surface area contributed by atoms with E-state index in [4.69, 9.17) is 9.47 Å². The Hall–Kier alpha value is -5.17. The number of carbonyl (C=O) groups excluding carboxylic acids is 1. The van der Waals surface area contributed by atoms with Crippen molar-refractivity contribution in [1.29, 1.82) is 0 Å². The Kier molecular flexibility index (Phi) is 9.83. The minimum absolute atomic E-state index is 0.349. The monoisotopic (exact) mass is 522 g/mol. The van der Waals surface area contributed by atoms with E-state index < -0.39 is 5.97 Å². The lowest BCUT2D eigenvalue weighted by Crippen LogP contribution is -2.01. The fraction of sp³-hybridized carbons (Fsp3) is 0.162. The van der Waals surface area contributed by atoms with E-state index in [-0.39, 0.29) is 0 Å². The molecule has 0 aliphatic rings. The summed E-state index contributed by atoms with van der Waals surface area (Å²) in [7, 11) is 1.68. The lowest BCUT2D eigenvalue weighted by molar-refractivity contribution is -0.137. The second-order valence-electron chi connectivity index (χ2n) is 9.01. The average Bonchev–Trinajstić information content (AvgIpc) is 3.00. The van der Waals surface area contributed by atoms with Crippen LogP contribution < -0.4 is 4.74 Å². The van der Waals surface area contributed by atoms with Crippen molar-refractivity contribution in [2.75, 3.05) is 13.7 Å². The van der Waals surface area contributed by atoms with Crippen LogP contribution in [0.4, 0.5) is 0 Å². The number of hydrogen-bond acceptors (Lipinski definition) is 3. The number of methoxy groups -OCH3 is 1. The zero-order valence-electron chi connectivity index (χ0n) is 22.8. The second-order valence-corrected chi connectivity index (χ2v) is 9.01. The van der Waals surface area contributed by atoms with Gasteiger partial charge in [0.15, 0.2) is 0 Å². The zero-order valence-corrected chi connectivity index (χ0v) is 22.8. The highest BCUT2D eigenvalue weighted by atomic mass is 16.5. The van der Waals surface area contributed by atoms with Crippen LogP contribution in [0.3, 0.4) is 0 Å². The maximum atomic E-state index is 11.0. The molecular formula is C37H30O3. The number of hydrogen-bond donors (Lipinski definition) is 0. The van der Waals surface area contributed by atoms with Crippen LogP contribution in [-0.2, 0) is 16.0 Å². The van der Waals surface area contributed by atoms with Crippen molar-refractivity contribution in [3.8, 4) is 41.3 Å². The van der Waals surface area contributed by atoms with E-state index in [2.05, 4.69) is 79.4 Å². The summed E-state index contributed by atoms with van der Waals surface area (Å²) in [5.74, 6) is 19.9. The van der Waals surface area contributed by atoms with Gasteiger partial charge < -0.3 is 9.47 Å². The van der Waals surface area contributed by atoms with Crippen LogP contribution in [0.1, 0.15) is 53.1 Å². The van der Waals surface area contributed by atoms with Gasteiger partial charge >= 0.3 is 5.97 Å². The van der Waals surface area contributed by atoms with E-state index in [1.165, 1.54) is 5.56 Å². The Balaban J connectivity index is 1.39. The van der Waals surface area contributed by atoms with Gasteiger partial charge in [0.25, 0.3) is 0 Å². The van der Waals surface area contributed by atoms with Crippen molar-refractivity contribution < 1.29 is 14.3 Å². The molecule has 0 atom stereocenters. The van der Waals surface area contributed by atoms with Crippen molar-refractivity contribution in [2.24, 2.45) is 0 Å². The summed E-state index contributed by atoms with van der Waals surface area (Å²) in [6, 6.07) is 26.4.